The van der Waals surface area contributed by atoms with Crippen molar-refractivity contribution in [1.82, 2.24) is 9.80 Å². The normalized spacial score (nSPS) is 15.6. The third-order valence-electron chi connectivity index (χ3n) is 4.51. The Balaban J connectivity index is 2.13. The molecule has 22 heavy (non-hydrogen) atoms. The molecule has 0 aromatic heterocycles. The van der Waals surface area contributed by atoms with Crippen LogP contribution in [0.15, 0.2) is 12.1 Å². The molecule has 0 unspecified atom stereocenters. The average Bonchev–Trinajstić information content (AvgIpc) is 2.75. The summed E-state index contributed by atoms with van der Waals surface area (Å²) in [6, 6.07) is 4.07. The van der Waals surface area contributed by atoms with Crippen molar-refractivity contribution in [2.75, 3.05) is 26.2 Å². The fraction of sp³-hybridized carbons (Fsp3) is 0.556. The fourth-order valence-corrected chi connectivity index (χ4v) is 2.95. The standard InChI is InChI=1S/C18H26N2O2/c1-5-17(21)19-7-6-8-20(10-9-19)18(22)16-12-14(3)13(2)11-15(16)4/h11-12H,5-10H2,1-4H3. The summed E-state index contributed by atoms with van der Waals surface area (Å²) in [5, 5.41) is 0. The number of benzene rings is 1. The highest BCUT2D eigenvalue weighted by Gasteiger charge is 2.23. The van der Waals surface area contributed by atoms with Crippen LogP contribution in [-0.2, 0) is 4.79 Å². The van der Waals surface area contributed by atoms with E-state index in [1.165, 1.54) is 5.56 Å². The van der Waals surface area contributed by atoms with Crippen LogP contribution in [-0.4, -0.2) is 47.8 Å². The van der Waals surface area contributed by atoms with Gasteiger partial charge in [-0.05, 0) is 49.9 Å². The molecule has 0 atom stereocenters. The number of rotatable bonds is 2. The van der Waals surface area contributed by atoms with Crippen LogP contribution in [0.4, 0.5) is 0 Å². The number of hydrogen-bond donors (Lipinski definition) is 0. The third-order valence-corrected chi connectivity index (χ3v) is 4.51. The first kappa shape index (κ1) is 16.5. The van der Waals surface area contributed by atoms with Crippen LogP contribution in [0.3, 0.4) is 0 Å². The van der Waals surface area contributed by atoms with Gasteiger partial charge in [0.15, 0.2) is 0 Å². The van der Waals surface area contributed by atoms with Crippen molar-refractivity contribution in [3.05, 3.63) is 34.4 Å². The Morgan fingerprint density at radius 1 is 0.909 bits per heavy atom. The second kappa shape index (κ2) is 6.95. The lowest BCUT2D eigenvalue weighted by Gasteiger charge is -2.23. The highest BCUT2D eigenvalue weighted by molar-refractivity contribution is 5.96. The summed E-state index contributed by atoms with van der Waals surface area (Å²) in [4.78, 5) is 28.4. The molecule has 1 aromatic rings. The van der Waals surface area contributed by atoms with Gasteiger partial charge in [0, 0.05) is 38.2 Å². The van der Waals surface area contributed by atoms with E-state index in [1.807, 2.05) is 36.6 Å². The lowest BCUT2D eigenvalue weighted by molar-refractivity contribution is -0.130. The van der Waals surface area contributed by atoms with Gasteiger partial charge in [-0.25, -0.2) is 0 Å². The van der Waals surface area contributed by atoms with Gasteiger partial charge in [-0.1, -0.05) is 13.0 Å². The molecule has 1 saturated heterocycles. The Bertz CT molecular complexity index is 581. The second-order valence-electron chi connectivity index (χ2n) is 6.13. The molecule has 1 aliphatic heterocycles. The van der Waals surface area contributed by atoms with Crippen LogP contribution in [0.1, 0.15) is 46.8 Å². The van der Waals surface area contributed by atoms with Gasteiger partial charge < -0.3 is 9.80 Å². The summed E-state index contributed by atoms with van der Waals surface area (Å²) in [5.41, 5.74) is 4.17. The molecule has 0 N–H and O–H groups in total. The summed E-state index contributed by atoms with van der Waals surface area (Å²) < 4.78 is 0. The predicted molar refractivity (Wildman–Crippen MR) is 88.0 cm³/mol. The molecule has 2 rings (SSSR count). The van der Waals surface area contributed by atoms with E-state index in [0.717, 1.165) is 36.2 Å². The van der Waals surface area contributed by atoms with Crippen molar-refractivity contribution in [1.29, 1.82) is 0 Å². The zero-order valence-electron chi connectivity index (χ0n) is 14.1. The van der Waals surface area contributed by atoms with Crippen molar-refractivity contribution < 1.29 is 9.59 Å². The lowest BCUT2D eigenvalue weighted by atomic mass is 10.00. The minimum atomic E-state index is 0.0893. The molecule has 0 radical (unpaired) electrons. The van der Waals surface area contributed by atoms with Gasteiger partial charge in [-0.3, -0.25) is 9.59 Å². The van der Waals surface area contributed by atoms with Crippen LogP contribution in [0.5, 0.6) is 0 Å². The van der Waals surface area contributed by atoms with E-state index < -0.39 is 0 Å². The molecule has 120 valence electrons. The minimum Gasteiger partial charge on any atom is -0.341 e. The zero-order chi connectivity index (χ0) is 16.3. The SMILES string of the molecule is CCC(=O)N1CCCN(C(=O)c2cc(C)c(C)cc2C)CC1. The number of hydrogen-bond acceptors (Lipinski definition) is 2. The summed E-state index contributed by atoms with van der Waals surface area (Å²) in [7, 11) is 0. The maximum atomic E-state index is 12.8. The van der Waals surface area contributed by atoms with Crippen LogP contribution in [0.2, 0.25) is 0 Å². The number of aryl methyl sites for hydroxylation is 3. The van der Waals surface area contributed by atoms with Gasteiger partial charge >= 0.3 is 0 Å². The number of carbonyl (C=O) groups is 2. The number of nitrogens with zero attached hydrogens (tertiary/aromatic N) is 2. The first-order chi connectivity index (χ1) is 10.4. The Labute approximate surface area is 133 Å². The Kier molecular flexibility index (Phi) is 5.22. The minimum absolute atomic E-state index is 0.0893. The Morgan fingerprint density at radius 3 is 2.18 bits per heavy atom. The van der Waals surface area contributed by atoms with Gasteiger partial charge in [-0.15, -0.1) is 0 Å². The zero-order valence-corrected chi connectivity index (χ0v) is 14.1. The van der Waals surface area contributed by atoms with E-state index in [4.69, 9.17) is 0 Å². The van der Waals surface area contributed by atoms with E-state index >= 15 is 0 Å². The molecule has 1 aliphatic rings. The van der Waals surface area contributed by atoms with Crippen molar-refractivity contribution >= 4 is 11.8 Å². The van der Waals surface area contributed by atoms with E-state index in [2.05, 4.69) is 13.0 Å². The van der Waals surface area contributed by atoms with E-state index in [-0.39, 0.29) is 11.8 Å². The van der Waals surface area contributed by atoms with E-state index in [1.54, 1.807) is 0 Å². The molecule has 4 heteroatoms. The topological polar surface area (TPSA) is 40.6 Å². The fourth-order valence-electron chi connectivity index (χ4n) is 2.95. The summed E-state index contributed by atoms with van der Waals surface area (Å²) >= 11 is 0. The van der Waals surface area contributed by atoms with E-state index in [0.29, 0.717) is 19.5 Å². The highest BCUT2D eigenvalue weighted by Crippen LogP contribution is 2.18. The van der Waals surface area contributed by atoms with Gasteiger partial charge in [0.05, 0.1) is 0 Å². The molecule has 0 aliphatic carbocycles. The molecule has 0 spiro atoms. The van der Waals surface area contributed by atoms with Crippen LogP contribution in [0.25, 0.3) is 0 Å². The Morgan fingerprint density at radius 2 is 1.50 bits per heavy atom. The second-order valence-corrected chi connectivity index (χ2v) is 6.13. The molecule has 1 aromatic carbocycles. The first-order valence-electron chi connectivity index (χ1n) is 8.09. The molecule has 0 saturated carbocycles. The van der Waals surface area contributed by atoms with E-state index in [9.17, 15) is 9.59 Å². The van der Waals surface area contributed by atoms with Crippen molar-refractivity contribution in [2.45, 2.75) is 40.5 Å². The molecular formula is C18H26N2O2. The maximum Gasteiger partial charge on any atom is 0.254 e. The van der Waals surface area contributed by atoms with Crippen molar-refractivity contribution in [3.8, 4) is 0 Å². The molecular weight excluding hydrogens is 276 g/mol. The highest BCUT2D eigenvalue weighted by atomic mass is 16.2. The molecule has 1 fully saturated rings. The molecule has 0 bridgehead atoms. The van der Waals surface area contributed by atoms with Gasteiger partial charge in [0.25, 0.3) is 5.91 Å². The largest absolute Gasteiger partial charge is 0.341 e. The summed E-state index contributed by atoms with van der Waals surface area (Å²) in [5.74, 6) is 0.267. The lowest BCUT2D eigenvalue weighted by Crippen LogP contribution is -2.37. The average molecular weight is 302 g/mol. The molecule has 1 heterocycles. The number of amides is 2. The third kappa shape index (κ3) is 3.49. The molecule has 4 nitrogen and oxygen atoms in total. The Hall–Kier alpha value is -1.84. The first-order valence-corrected chi connectivity index (χ1v) is 8.09. The molecule has 2 amide bonds. The summed E-state index contributed by atoms with van der Waals surface area (Å²) in [6.45, 7) is 10.7. The van der Waals surface area contributed by atoms with Crippen LogP contribution >= 0.6 is 0 Å². The van der Waals surface area contributed by atoms with Crippen LogP contribution in [0, 0.1) is 20.8 Å². The number of carbonyl (C=O) groups excluding carboxylic acids is 2. The summed E-state index contributed by atoms with van der Waals surface area (Å²) in [6.07, 6.45) is 1.38. The van der Waals surface area contributed by atoms with Crippen molar-refractivity contribution in [2.24, 2.45) is 0 Å². The van der Waals surface area contributed by atoms with Crippen LogP contribution < -0.4 is 0 Å². The van der Waals surface area contributed by atoms with Gasteiger partial charge in [0.2, 0.25) is 5.91 Å². The van der Waals surface area contributed by atoms with Gasteiger partial charge in [0.1, 0.15) is 0 Å². The predicted octanol–water partition coefficient (Wildman–Crippen LogP) is 2.70. The van der Waals surface area contributed by atoms with Crippen molar-refractivity contribution in [3.63, 3.8) is 0 Å². The maximum absolute atomic E-state index is 12.8. The monoisotopic (exact) mass is 302 g/mol. The quantitative estimate of drug-likeness (QED) is 0.843. The van der Waals surface area contributed by atoms with Gasteiger partial charge in [-0.2, -0.15) is 0 Å². The smallest absolute Gasteiger partial charge is 0.254 e.